The molecule has 1 aromatic carbocycles. The molecule has 0 aliphatic carbocycles. The second-order valence-electron chi connectivity index (χ2n) is 6.24. The zero-order chi connectivity index (χ0) is 14.9. The third-order valence-electron chi connectivity index (χ3n) is 3.47. The second kappa shape index (κ2) is 5.70. The highest BCUT2D eigenvalue weighted by Gasteiger charge is 2.18. The van der Waals surface area contributed by atoms with Crippen molar-refractivity contribution >= 4 is 0 Å². The number of H-pyrrole nitrogens is 1. The minimum absolute atomic E-state index is 0.0907. The smallest absolute Gasteiger partial charge is 0.274 e. The van der Waals surface area contributed by atoms with Gasteiger partial charge in [0.05, 0.1) is 5.69 Å². The summed E-state index contributed by atoms with van der Waals surface area (Å²) in [6.45, 7) is 10.6. The van der Waals surface area contributed by atoms with Gasteiger partial charge in [-0.3, -0.25) is 9.89 Å². The first-order valence-corrected chi connectivity index (χ1v) is 7.31. The van der Waals surface area contributed by atoms with Crippen LogP contribution in [0.2, 0.25) is 0 Å². The molecule has 0 spiro atoms. The van der Waals surface area contributed by atoms with E-state index in [-0.39, 0.29) is 5.56 Å². The Morgan fingerprint density at radius 1 is 1.20 bits per heavy atom. The Balaban J connectivity index is 2.58. The summed E-state index contributed by atoms with van der Waals surface area (Å²) in [7, 11) is 0. The van der Waals surface area contributed by atoms with Crippen LogP contribution < -0.4 is 5.56 Å². The highest BCUT2D eigenvalue weighted by molar-refractivity contribution is 5.36. The molecule has 0 atom stereocenters. The van der Waals surface area contributed by atoms with Gasteiger partial charge in [-0.2, -0.15) is 0 Å². The van der Waals surface area contributed by atoms with Gasteiger partial charge >= 0.3 is 0 Å². The number of aryl methyl sites for hydroxylation is 1. The number of benzene rings is 1. The maximum absolute atomic E-state index is 12.7. The highest BCUT2D eigenvalue weighted by Crippen LogP contribution is 2.19. The summed E-state index contributed by atoms with van der Waals surface area (Å²) in [5.41, 5.74) is 4.14. The van der Waals surface area contributed by atoms with Crippen LogP contribution in [0.1, 0.15) is 50.4 Å². The fraction of sp³-hybridized carbons (Fsp3) is 0.471. The predicted molar refractivity (Wildman–Crippen MR) is 83.8 cm³/mol. The monoisotopic (exact) mass is 272 g/mol. The average Bonchev–Trinajstić information content (AvgIpc) is 2.67. The summed E-state index contributed by atoms with van der Waals surface area (Å²) in [4.78, 5) is 12.7. The Hall–Kier alpha value is -1.77. The molecule has 0 bridgehead atoms. The molecular formula is C17H24N2O. The minimum atomic E-state index is 0.0907. The number of nitrogens with one attached hydrogen (secondary N) is 1. The molecule has 0 saturated heterocycles. The molecule has 2 rings (SSSR count). The molecule has 20 heavy (non-hydrogen) atoms. The van der Waals surface area contributed by atoms with Gasteiger partial charge in [0.25, 0.3) is 5.56 Å². The average molecular weight is 272 g/mol. The molecule has 0 aliphatic heterocycles. The van der Waals surface area contributed by atoms with Gasteiger partial charge in [-0.15, -0.1) is 0 Å². The van der Waals surface area contributed by atoms with Crippen LogP contribution in [0.3, 0.4) is 0 Å². The van der Waals surface area contributed by atoms with Gasteiger partial charge in [0, 0.05) is 11.3 Å². The lowest BCUT2D eigenvalue weighted by Gasteiger charge is -2.07. The number of nitrogens with zero attached hydrogens (tertiary/aromatic N) is 1. The molecule has 0 amide bonds. The third kappa shape index (κ3) is 2.87. The quantitative estimate of drug-likeness (QED) is 0.903. The Morgan fingerprint density at radius 2 is 1.90 bits per heavy atom. The van der Waals surface area contributed by atoms with Crippen molar-refractivity contribution in [3.8, 4) is 5.69 Å². The van der Waals surface area contributed by atoms with Gasteiger partial charge in [-0.1, -0.05) is 39.8 Å². The topological polar surface area (TPSA) is 37.8 Å². The van der Waals surface area contributed by atoms with Crippen LogP contribution in [-0.4, -0.2) is 9.78 Å². The minimum Gasteiger partial charge on any atom is -0.294 e. The first-order valence-electron chi connectivity index (χ1n) is 7.31. The van der Waals surface area contributed by atoms with E-state index in [1.807, 2.05) is 31.2 Å². The van der Waals surface area contributed by atoms with Crippen molar-refractivity contribution in [2.45, 2.75) is 47.0 Å². The van der Waals surface area contributed by atoms with E-state index in [1.165, 1.54) is 0 Å². The maximum atomic E-state index is 12.7. The number of aromatic nitrogens is 2. The molecule has 0 radical (unpaired) electrons. The van der Waals surface area contributed by atoms with Crippen LogP contribution >= 0.6 is 0 Å². The number of rotatable bonds is 4. The van der Waals surface area contributed by atoms with Crippen LogP contribution in [0, 0.1) is 12.8 Å². The lowest BCUT2D eigenvalue weighted by atomic mass is 9.98. The third-order valence-corrected chi connectivity index (χ3v) is 3.47. The molecule has 3 heteroatoms. The van der Waals surface area contributed by atoms with E-state index in [1.54, 1.807) is 4.68 Å². The van der Waals surface area contributed by atoms with Crippen molar-refractivity contribution in [2.24, 2.45) is 5.92 Å². The van der Waals surface area contributed by atoms with Crippen molar-refractivity contribution in [1.82, 2.24) is 9.78 Å². The van der Waals surface area contributed by atoms with Gasteiger partial charge in [0.2, 0.25) is 0 Å². The van der Waals surface area contributed by atoms with Crippen LogP contribution in [0.5, 0.6) is 0 Å². The van der Waals surface area contributed by atoms with Crippen LogP contribution in [0.25, 0.3) is 5.69 Å². The van der Waals surface area contributed by atoms with E-state index in [0.29, 0.717) is 11.8 Å². The van der Waals surface area contributed by atoms with Crippen LogP contribution in [0.4, 0.5) is 0 Å². The molecule has 2 aromatic rings. The van der Waals surface area contributed by atoms with E-state index in [2.05, 4.69) is 32.8 Å². The molecule has 1 heterocycles. The van der Waals surface area contributed by atoms with Gasteiger partial charge in [0.15, 0.2) is 0 Å². The molecule has 0 fully saturated rings. The predicted octanol–water partition coefficient (Wildman–Crippen LogP) is 3.80. The van der Waals surface area contributed by atoms with E-state index < -0.39 is 0 Å². The lowest BCUT2D eigenvalue weighted by molar-refractivity contribution is 0.635. The molecule has 0 saturated carbocycles. The van der Waals surface area contributed by atoms with Crippen molar-refractivity contribution in [2.75, 3.05) is 0 Å². The van der Waals surface area contributed by atoms with E-state index in [9.17, 15) is 4.79 Å². The van der Waals surface area contributed by atoms with E-state index in [4.69, 9.17) is 0 Å². The maximum Gasteiger partial charge on any atom is 0.274 e. The zero-order valence-corrected chi connectivity index (χ0v) is 13.0. The normalized spacial score (nSPS) is 11.6. The zero-order valence-electron chi connectivity index (χ0n) is 13.0. The molecular weight excluding hydrogens is 248 g/mol. The summed E-state index contributed by atoms with van der Waals surface area (Å²) in [5.74, 6) is 0.796. The summed E-state index contributed by atoms with van der Waals surface area (Å²) in [6, 6.07) is 8.01. The molecule has 1 N–H and O–H groups in total. The van der Waals surface area contributed by atoms with Gasteiger partial charge < -0.3 is 0 Å². The fourth-order valence-electron chi connectivity index (χ4n) is 2.52. The molecule has 108 valence electrons. The van der Waals surface area contributed by atoms with Crippen molar-refractivity contribution in [1.29, 1.82) is 0 Å². The van der Waals surface area contributed by atoms with Gasteiger partial charge in [-0.25, -0.2) is 4.68 Å². The van der Waals surface area contributed by atoms with Crippen LogP contribution in [0.15, 0.2) is 29.1 Å². The highest BCUT2D eigenvalue weighted by atomic mass is 16.1. The number of hydrogen-bond acceptors (Lipinski definition) is 1. The second-order valence-corrected chi connectivity index (χ2v) is 6.24. The summed E-state index contributed by atoms with van der Waals surface area (Å²) < 4.78 is 1.68. The number of hydrogen-bond donors (Lipinski definition) is 1. The SMILES string of the molecule is Cc1cccc(-n2[nH]c(C(C)C)c(CC(C)C)c2=O)c1. The Labute approximate surface area is 120 Å². The number of aromatic amines is 1. The van der Waals surface area contributed by atoms with Gasteiger partial charge in [-0.05, 0) is 42.9 Å². The molecule has 3 nitrogen and oxygen atoms in total. The first-order chi connectivity index (χ1) is 9.40. The first kappa shape index (κ1) is 14.6. The molecule has 0 aliphatic rings. The Bertz CT molecular complexity index is 647. The summed E-state index contributed by atoms with van der Waals surface area (Å²) in [6.07, 6.45) is 0.821. The van der Waals surface area contributed by atoms with E-state index in [0.717, 1.165) is 28.9 Å². The Kier molecular flexibility index (Phi) is 4.17. The summed E-state index contributed by atoms with van der Waals surface area (Å²) in [5, 5.41) is 3.30. The standard InChI is InChI=1S/C17H24N2O/c1-11(2)9-15-16(12(3)4)18-19(17(15)20)14-8-6-7-13(5)10-14/h6-8,10-12,18H,9H2,1-5H3. The largest absolute Gasteiger partial charge is 0.294 e. The van der Waals surface area contributed by atoms with Gasteiger partial charge in [0.1, 0.15) is 0 Å². The van der Waals surface area contributed by atoms with Crippen molar-refractivity contribution < 1.29 is 0 Å². The molecule has 0 unspecified atom stereocenters. The Morgan fingerprint density at radius 3 is 2.45 bits per heavy atom. The van der Waals surface area contributed by atoms with E-state index >= 15 is 0 Å². The lowest BCUT2D eigenvalue weighted by Crippen LogP contribution is -2.18. The van der Waals surface area contributed by atoms with Crippen molar-refractivity contribution in [3.63, 3.8) is 0 Å². The molecule has 1 aromatic heterocycles. The summed E-state index contributed by atoms with van der Waals surface area (Å²) >= 11 is 0. The van der Waals surface area contributed by atoms with Crippen LogP contribution in [-0.2, 0) is 6.42 Å². The van der Waals surface area contributed by atoms with Crippen molar-refractivity contribution in [3.05, 3.63) is 51.4 Å². The fourth-order valence-corrected chi connectivity index (χ4v) is 2.52.